The van der Waals surface area contributed by atoms with E-state index in [1.165, 1.54) is 38.0 Å². The monoisotopic (exact) mass is 171 g/mol. The maximum absolute atomic E-state index is 2.54. The van der Waals surface area contributed by atoms with Crippen LogP contribution in [0.4, 0.5) is 0 Å². The quantitative estimate of drug-likeness (QED) is 0.549. The topological polar surface area (TPSA) is 3.24 Å². The number of thioether (sulfide) groups is 1. The van der Waals surface area contributed by atoms with Crippen molar-refractivity contribution in [3.63, 3.8) is 0 Å². The fourth-order valence-electron chi connectivity index (χ4n) is 2.26. The molecule has 1 nitrogen and oxygen atoms in total. The number of hydrogen-bond acceptors (Lipinski definition) is 2. The van der Waals surface area contributed by atoms with Gasteiger partial charge in [0, 0.05) is 0 Å². The Labute approximate surface area is 73.5 Å². The highest BCUT2D eigenvalue weighted by atomic mass is 32.2. The Bertz CT molecular complexity index is 138. The molecule has 0 aromatic carbocycles. The van der Waals surface area contributed by atoms with Gasteiger partial charge in [-0.2, -0.15) is 0 Å². The highest BCUT2D eigenvalue weighted by Crippen LogP contribution is 2.37. The van der Waals surface area contributed by atoms with Gasteiger partial charge in [0.1, 0.15) is 0 Å². The molecule has 0 aliphatic carbocycles. The summed E-state index contributed by atoms with van der Waals surface area (Å²) in [6, 6.07) is 0. The van der Waals surface area contributed by atoms with Crippen molar-refractivity contribution in [3.8, 4) is 0 Å². The zero-order valence-corrected chi connectivity index (χ0v) is 8.07. The smallest absolute Gasteiger partial charge is 0.0583 e. The van der Waals surface area contributed by atoms with Gasteiger partial charge < -0.3 is 0 Å². The highest BCUT2D eigenvalue weighted by Gasteiger charge is 2.32. The lowest BCUT2D eigenvalue weighted by atomic mass is 10.0. The second kappa shape index (κ2) is 3.36. The minimum Gasteiger partial charge on any atom is -0.294 e. The minimum absolute atomic E-state index is 0.873. The van der Waals surface area contributed by atoms with Gasteiger partial charge >= 0.3 is 0 Å². The van der Waals surface area contributed by atoms with E-state index in [-0.39, 0.29) is 0 Å². The van der Waals surface area contributed by atoms with Crippen LogP contribution in [0.25, 0.3) is 0 Å². The number of hydrogen-bond donors (Lipinski definition) is 0. The molecule has 2 heterocycles. The average molecular weight is 171 g/mol. The van der Waals surface area contributed by atoms with Crippen LogP contribution in [0, 0.1) is 5.92 Å². The molecule has 0 radical (unpaired) electrons. The minimum atomic E-state index is 0.873. The van der Waals surface area contributed by atoms with E-state index in [4.69, 9.17) is 0 Å². The molecule has 2 atom stereocenters. The third-order valence-corrected chi connectivity index (χ3v) is 4.56. The molecule has 2 aliphatic rings. The summed E-state index contributed by atoms with van der Waals surface area (Å²) in [6.07, 6.45) is 5.86. The van der Waals surface area contributed by atoms with Crippen molar-refractivity contribution in [3.05, 3.63) is 0 Å². The number of fused-ring (bicyclic) bond motifs is 1. The third kappa shape index (κ3) is 1.57. The summed E-state index contributed by atoms with van der Waals surface area (Å²) in [5.41, 5.74) is 0. The van der Waals surface area contributed by atoms with Gasteiger partial charge in [-0.25, -0.2) is 0 Å². The van der Waals surface area contributed by atoms with Crippen LogP contribution in [0.1, 0.15) is 25.7 Å². The molecular weight excluding hydrogens is 154 g/mol. The molecular formula is C9H17NS. The Morgan fingerprint density at radius 3 is 3.09 bits per heavy atom. The predicted octanol–water partition coefficient (Wildman–Crippen LogP) is 2.18. The van der Waals surface area contributed by atoms with Crippen LogP contribution in [0.15, 0.2) is 0 Å². The fraction of sp³-hybridized carbons (Fsp3) is 1.00. The van der Waals surface area contributed by atoms with E-state index in [2.05, 4.69) is 23.7 Å². The first-order valence-corrected chi connectivity index (χ1v) is 5.74. The van der Waals surface area contributed by atoms with Crippen molar-refractivity contribution >= 4 is 11.8 Å². The summed E-state index contributed by atoms with van der Waals surface area (Å²) in [6.45, 7) is 1.34. The summed E-state index contributed by atoms with van der Waals surface area (Å²) in [5, 5.41) is 0.873. The summed E-state index contributed by atoms with van der Waals surface area (Å²) >= 11 is 2.19. The highest BCUT2D eigenvalue weighted by molar-refractivity contribution is 7.99. The molecule has 0 aromatic heterocycles. The maximum Gasteiger partial charge on any atom is 0.0583 e. The van der Waals surface area contributed by atoms with Crippen molar-refractivity contribution in [2.24, 2.45) is 5.92 Å². The van der Waals surface area contributed by atoms with Crippen molar-refractivity contribution in [1.82, 2.24) is 4.90 Å². The number of rotatable bonds is 0. The molecule has 2 rings (SSSR count). The van der Waals surface area contributed by atoms with E-state index in [0.29, 0.717) is 0 Å². The number of nitrogens with zero attached hydrogens (tertiary/aromatic N) is 1. The molecule has 2 saturated heterocycles. The summed E-state index contributed by atoms with van der Waals surface area (Å²) in [4.78, 5) is 2.54. The first-order valence-electron chi connectivity index (χ1n) is 4.70. The zero-order valence-electron chi connectivity index (χ0n) is 7.25. The van der Waals surface area contributed by atoms with Gasteiger partial charge in [-0.1, -0.05) is 6.42 Å². The molecule has 2 unspecified atom stereocenters. The lowest BCUT2D eigenvalue weighted by molar-refractivity contribution is 0.356. The molecule has 0 amide bonds. The molecule has 64 valence electrons. The Morgan fingerprint density at radius 1 is 1.27 bits per heavy atom. The molecule has 0 saturated carbocycles. The molecule has 2 aliphatic heterocycles. The van der Waals surface area contributed by atoms with Crippen molar-refractivity contribution in [2.45, 2.75) is 31.1 Å². The summed E-state index contributed by atoms with van der Waals surface area (Å²) in [7, 11) is 2.28. The van der Waals surface area contributed by atoms with Crippen LogP contribution >= 0.6 is 11.8 Å². The van der Waals surface area contributed by atoms with Gasteiger partial charge in [-0.3, -0.25) is 4.90 Å². The van der Waals surface area contributed by atoms with Gasteiger partial charge in [0.05, 0.1) is 5.37 Å². The SMILES string of the molecule is CN1CCC2CCCCSC21. The lowest BCUT2D eigenvalue weighted by Gasteiger charge is -2.21. The first kappa shape index (κ1) is 7.93. The van der Waals surface area contributed by atoms with Crippen LogP contribution < -0.4 is 0 Å². The molecule has 0 spiro atoms. The van der Waals surface area contributed by atoms with Crippen molar-refractivity contribution < 1.29 is 0 Å². The third-order valence-electron chi connectivity index (χ3n) is 2.95. The van der Waals surface area contributed by atoms with E-state index in [9.17, 15) is 0 Å². The Hall–Kier alpha value is 0.310. The van der Waals surface area contributed by atoms with Crippen molar-refractivity contribution in [2.75, 3.05) is 19.3 Å². The number of likely N-dealkylation sites (tertiary alicyclic amines) is 1. The second-order valence-corrected chi connectivity index (χ2v) is 5.01. The van der Waals surface area contributed by atoms with Crippen molar-refractivity contribution in [1.29, 1.82) is 0 Å². The van der Waals surface area contributed by atoms with Crippen LogP contribution in [-0.4, -0.2) is 29.6 Å². The van der Waals surface area contributed by atoms with E-state index in [0.717, 1.165) is 11.3 Å². The van der Waals surface area contributed by atoms with E-state index < -0.39 is 0 Å². The average Bonchev–Trinajstić information content (AvgIpc) is 2.25. The molecule has 0 N–H and O–H groups in total. The summed E-state index contributed by atoms with van der Waals surface area (Å²) in [5.74, 6) is 2.42. The second-order valence-electron chi connectivity index (χ2n) is 3.79. The fourth-order valence-corrected chi connectivity index (χ4v) is 3.78. The Balaban J connectivity index is 2.00. The molecule has 2 heteroatoms. The van der Waals surface area contributed by atoms with Crippen LogP contribution in [0.5, 0.6) is 0 Å². The van der Waals surface area contributed by atoms with Crippen LogP contribution in [0.3, 0.4) is 0 Å². The van der Waals surface area contributed by atoms with Gasteiger partial charge in [0.15, 0.2) is 0 Å². The van der Waals surface area contributed by atoms with E-state index in [1.54, 1.807) is 0 Å². The molecule has 11 heavy (non-hydrogen) atoms. The van der Waals surface area contributed by atoms with Crippen LogP contribution in [0.2, 0.25) is 0 Å². The maximum atomic E-state index is 2.54. The van der Waals surface area contributed by atoms with Gasteiger partial charge in [0.2, 0.25) is 0 Å². The van der Waals surface area contributed by atoms with E-state index in [1.807, 2.05) is 0 Å². The Morgan fingerprint density at radius 2 is 2.18 bits per heavy atom. The zero-order chi connectivity index (χ0) is 7.68. The predicted molar refractivity (Wildman–Crippen MR) is 50.8 cm³/mol. The Kier molecular flexibility index (Phi) is 2.42. The standard InChI is InChI=1S/C9H17NS/c1-10-6-5-8-4-2-3-7-11-9(8)10/h8-9H,2-7H2,1H3. The first-order chi connectivity index (χ1) is 5.38. The summed E-state index contributed by atoms with van der Waals surface area (Å²) < 4.78 is 0. The largest absolute Gasteiger partial charge is 0.294 e. The molecule has 2 fully saturated rings. The van der Waals surface area contributed by atoms with Gasteiger partial charge in [-0.05, 0) is 44.5 Å². The van der Waals surface area contributed by atoms with E-state index >= 15 is 0 Å². The normalized spacial score (nSPS) is 40.1. The lowest BCUT2D eigenvalue weighted by Crippen LogP contribution is -2.25. The molecule has 0 bridgehead atoms. The van der Waals surface area contributed by atoms with Gasteiger partial charge in [-0.15, -0.1) is 11.8 Å². The molecule has 0 aromatic rings. The van der Waals surface area contributed by atoms with Gasteiger partial charge in [0.25, 0.3) is 0 Å². The van der Waals surface area contributed by atoms with Crippen LogP contribution in [-0.2, 0) is 0 Å².